The Morgan fingerprint density at radius 1 is 1.41 bits per heavy atom. The van der Waals surface area contributed by atoms with E-state index in [2.05, 4.69) is 37.1 Å². The van der Waals surface area contributed by atoms with Crippen molar-refractivity contribution >= 4 is 16.6 Å². The van der Waals surface area contributed by atoms with Gasteiger partial charge in [-0.15, -0.1) is 0 Å². The van der Waals surface area contributed by atoms with Crippen LogP contribution in [0.5, 0.6) is 0 Å². The summed E-state index contributed by atoms with van der Waals surface area (Å²) in [5.41, 5.74) is 1.35. The van der Waals surface area contributed by atoms with Gasteiger partial charge in [0.25, 0.3) is 0 Å². The molecule has 1 rings (SSSR count). The van der Waals surface area contributed by atoms with Crippen LogP contribution in [0.15, 0.2) is 18.3 Å². The van der Waals surface area contributed by atoms with Gasteiger partial charge in [0.15, 0.2) is 0 Å². The molecule has 0 spiro atoms. The molecule has 2 unspecified atom stereocenters. The fraction of sp³-hybridized carbons (Fsp3) is 0.615. The maximum Gasteiger partial charge on any atom is 0.125 e. The molecule has 0 radical (unpaired) electrons. The molecule has 0 bridgehead atoms. The van der Waals surface area contributed by atoms with Gasteiger partial charge >= 0.3 is 0 Å². The van der Waals surface area contributed by atoms with Crippen molar-refractivity contribution in [3.63, 3.8) is 0 Å². The zero-order valence-electron chi connectivity index (χ0n) is 11.3. The molecule has 3 nitrogen and oxygen atoms in total. The largest absolute Gasteiger partial charge is 0.369 e. The van der Waals surface area contributed by atoms with Gasteiger partial charge in [-0.05, 0) is 24.0 Å². The van der Waals surface area contributed by atoms with Gasteiger partial charge in [0.2, 0.25) is 0 Å². The predicted octanol–water partition coefficient (Wildman–Crippen LogP) is 2.56. The molecule has 96 valence electrons. The molecule has 0 aliphatic rings. The van der Waals surface area contributed by atoms with Crippen molar-refractivity contribution in [2.75, 3.05) is 18.1 Å². The molecule has 0 aromatic carbocycles. The molecule has 0 fully saturated rings. The number of rotatable bonds is 4. The predicted molar refractivity (Wildman–Crippen MR) is 75.0 cm³/mol. The van der Waals surface area contributed by atoms with E-state index in [-0.39, 0.29) is 10.7 Å². The Labute approximate surface area is 106 Å². The zero-order valence-corrected chi connectivity index (χ0v) is 12.1. The van der Waals surface area contributed by atoms with Crippen molar-refractivity contribution in [2.24, 2.45) is 0 Å². The highest BCUT2D eigenvalue weighted by atomic mass is 32.2. The lowest BCUT2D eigenvalue weighted by Gasteiger charge is -2.18. The summed E-state index contributed by atoms with van der Waals surface area (Å²) in [7, 11) is -0.793. The van der Waals surface area contributed by atoms with Crippen molar-refractivity contribution < 1.29 is 4.21 Å². The van der Waals surface area contributed by atoms with Crippen LogP contribution in [-0.4, -0.2) is 27.2 Å². The summed E-state index contributed by atoms with van der Waals surface area (Å²) in [5, 5.41) is 3.34. The molecule has 1 N–H and O–H groups in total. The number of anilines is 1. The number of nitrogens with zero attached hydrogens (tertiary/aromatic N) is 1. The maximum atomic E-state index is 11.2. The van der Waals surface area contributed by atoms with Crippen molar-refractivity contribution in [1.29, 1.82) is 0 Å². The lowest BCUT2D eigenvalue weighted by Crippen LogP contribution is -2.21. The molecule has 17 heavy (non-hydrogen) atoms. The third kappa shape index (κ3) is 4.46. The third-order valence-corrected chi connectivity index (χ3v) is 4.07. The van der Waals surface area contributed by atoms with Crippen molar-refractivity contribution in [3.8, 4) is 0 Å². The number of aromatic nitrogens is 1. The standard InChI is InChI=1S/C13H22N2OS/c1-10(17(5)16)8-14-12-7-6-11(9-15-12)13(2,3)4/h6-7,9-10H,8H2,1-5H3,(H,14,15). The van der Waals surface area contributed by atoms with E-state index in [1.165, 1.54) is 5.56 Å². The molecule has 1 aromatic heterocycles. The molecule has 2 atom stereocenters. The summed E-state index contributed by atoms with van der Waals surface area (Å²) in [5.74, 6) is 0.843. The van der Waals surface area contributed by atoms with Gasteiger partial charge in [-0.25, -0.2) is 4.98 Å². The minimum Gasteiger partial charge on any atom is -0.369 e. The van der Waals surface area contributed by atoms with Gasteiger partial charge in [0.05, 0.1) is 0 Å². The summed E-state index contributed by atoms with van der Waals surface area (Å²) < 4.78 is 11.2. The highest BCUT2D eigenvalue weighted by Gasteiger charge is 2.13. The van der Waals surface area contributed by atoms with Crippen molar-refractivity contribution in [1.82, 2.24) is 4.98 Å². The van der Waals surface area contributed by atoms with Gasteiger partial charge in [0, 0.05) is 35.0 Å². The Balaban J connectivity index is 2.60. The van der Waals surface area contributed by atoms with Gasteiger partial charge in [0.1, 0.15) is 5.82 Å². The third-order valence-electron chi connectivity index (χ3n) is 2.77. The Morgan fingerprint density at radius 2 is 2.06 bits per heavy atom. The topological polar surface area (TPSA) is 42.0 Å². The van der Waals surface area contributed by atoms with Crippen LogP contribution in [0.4, 0.5) is 5.82 Å². The molecule has 0 aliphatic heterocycles. The van der Waals surface area contributed by atoms with Crippen LogP contribution in [0.2, 0.25) is 0 Å². The fourth-order valence-corrected chi connectivity index (χ4v) is 1.63. The van der Waals surface area contributed by atoms with Gasteiger partial charge in [-0.1, -0.05) is 26.8 Å². The highest BCUT2D eigenvalue weighted by Crippen LogP contribution is 2.21. The minimum absolute atomic E-state index is 0.129. The molecule has 1 aromatic rings. The normalized spacial score (nSPS) is 15.4. The quantitative estimate of drug-likeness (QED) is 0.898. The first-order valence-electron chi connectivity index (χ1n) is 5.83. The Hall–Kier alpha value is -0.900. The minimum atomic E-state index is -0.793. The second-order valence-electron chi connectivity index (χ2n) is 5.37. The summed E-state index contributed by atoms with van der Waals surface area (Å²) in [4.78, 5) is 4.37. The summed E-state index contributed by atoms with van der Waals surface area (Å²) in [6.07, 6.45) is 3.62. The lowest BCUT2D eigenvalue weighted by molar-refractivity contribution is 0.587. The van der Waals surface area contributed by atoms with E-state index in [1.54, 1.807) is 6.26 Å². The number of nitrogens with one attached hydrogen (secondary N) is 1. The molecule has 4 heteroatoms. The zero-order chi connectivity index (χ0) is 13.1. The summed E-state index contributed by atoms with van der Waals surface area (Å²) in [6.45, 7) is 9.15. The van der Waals surface area contributed by atoms with E-state index in [1.807, 2.05) is 19.2 Å². The van der Waals surface area contributed by atoms with Crippen LogP contribution < -0.4 is 5.32 Å². The number of pyridine rings is 1. The van der Waals surface area contributed by atoms with E-state index < -0.39 is 10.8 Å². The van der Waals surface area contributed by atoms with Gasteiger partial charge in [-0.3, -0.25) is 4.21 Å². The van der Waals surface area contributed by atoms with E-state index >= 15 is 0 Å². The second-order valence-corrected chi connectivity index (χ2v) is 7.17. The van der Waals surface area contributed by atoms with Crippen LogP contribution >= 0.6 is 0 Å². The van der Waals surface area contributed by atoms with Crippen molar-refractivity contribution in [3.05, 3.63) is 23.9 Å². The molecule has 0 saturated heterocycles. The number of hydrogen-bond donors (Lipinski definition) is 1. The first kappa shape index (κ1) is 14.2. The summed E-state index contributed by atoms with van der Waals surface area (Å²) in [6, 6.07) is 4.06. The van der Waals surface area contributed by atoms with E-state index in [0.717, 1.165) is 5.82 Å². The summed E-state index contributed by atoms with van der Waals surface area (Å²) >= 11 is 0. The van der Waals surface area contributed by atoms with Crippen LogP contribution in [0, 0.1) is 0 Å². The average Bonchev–Trinajstić information content (AvgIpc) is 2.25. The second kappa shape index (κ2) is 5.63. The monoisotopic (exact) mass is 254 g/mol. The maximum absolute atomic E-state index is 11.2. The van der Waals surface area contributed by atoms with Crippen LogP contribution in [0.3, 0.4) is 0 Å². The lowest BCUT2D eigenvalue weighted by atomic mass is 9.88. The SMILES string of the molecule is CC(CNc1ccc(C(C)(C)C)cn1)S(C)=O. The smallest absolute Gasteiger partial charge is 0.125 e. The van der Waals surface area contributed by atoms with Gasteiger partial charge in [-0.2, -0.15) is 0 Å². The van der Waals surface area contributed by atoms with E-state index in [0.29, 0.717) is 6.54 Å². The van der Waals surface area contributed by atoms with Crippen molar-refractivity contribution in [2.45, 2.75) is 38.4 Å². The molecule has 1 heterocycles. The Bertz CT molecular complexity index is 381. The van der Waals surface area contributed by atoms with Crippen LogP contribution in [0.1, 0.15) is 33.3 Å². The molecular weight excluding hydrogens is 232 g/mol. The van der Waals surface area contributed by atoms with E-state index in [9.17, 15) is 4.21 Å². The van der Waals surface area contributed by atoms with Gasteiger partial charge < -0.3 is 5.32 Å². The number of hydrogen-bond acceptors (Lipinski definition) is 3. The fourth-order valence-electron chi connectivity index (χ4n) is 1.31. The first-order chi connectivity index (χ1) is 7.80. The average molecular weight is 254 g/mol. The molecule has 0 aliphatic carbocycles. The Kier molecular flexibility index (Phi) is 4.69. The van der Waals surface area contributed by atoms with Crippen LogP contribution in [0.25, 0.3) is 0 Å². The molecule has 0 amide bonds. The van der Waals surface area contributed by atoms with Crippen LogP contribution in [-0.2, 0) is 16.2 Å². The molecular formula is C13H22N2OS. The highest BCUT2D eigenvalue weighted by molar-refractivity contribution is 7.84. The molecule has 0 saturated carbocycles. The first-order valence-corrected chi connectivity index (χ1v) is 7.45. The van der Waals surface area contributed by atoms with E-state index in [4.69, 9.17) is 0 Å². The Morgan fingerprint density at radius 3 is 2.47 bits per heavy atom.